The summed E-state index contributed by atoms with van der Waals surface area (Å²) in [7, 11) is -2.42. The van der Waals surface area contributed by atoms with Crippen LogP contribution < -0.4 is 15.4 Å². The van der Waals surface area contributed by atoms with Gasteiger partial charge in [-0.05, 0) is 32.0 Å². The first-order valence-electron chi connectivity index (χ1n) is 8.09. The minimum absolute atomic E-state index is 0. The number of nitro groups is 1. The number of methoxy groups -OCH3 is 1. The van der Waals surface area contributed by atoms with Gasteiger partial charge in [-0.25, -0.2) is 13.1 Å². The van der Waals surface area contributed by atoms with Crippen molar-refractivity contribution >= 4 is 34.0 Å². The Bertz CT molecular complexity index is 767. The van der Waals surface area contributed by atoms with Gasteiger partial charge in [0.05, 0.1) is 9.82 Å². The fourth-order valence-electron chi connectivity index (χ4n) is 2.72. The molecule has 1 heterocycles. The van der Waals surface area contributed by atoms with Crippen LogP contribution in [0.5, 0.6) is 0 Å². The first-order chi connectivity index (χ1) is 12.3. The van der Waals surface area contributed by atoms with Crippen LogP contribution in [0.25, 0.3) is 0 Å². The van der Waals surface area contributed by atoms with Crippen LogP contribution in [-0.2, 0) is 19.6 Å². The Labute approximate surface area is 163 Å². The number of amides is 1. The molecule has 0 spiro atoms. The lowest BCUT2D eigenvalue weighted by atomic mass is 9.91. The molecule has 0 atom stereocenters. The van der Waals surface area contributed by atoms with Gasteiger partial charge < -0.3 is 15.4 Å². The van der Waals surface area contributed by atoms with E-state index in [0.29, 0.717) is 25.9 Å². The van der Waals surface area contributed by atoms with E-state index in [9.17, 15) is 23.3 Å². The van der Waals surface area contributed by atoms with E-state index in [1.54, 1.807) is 0 Å². The van der Waals surface area contributed by atoms with Crippen LogP contribution in [0, 0.1) is 10.1 Å². The number of hydrogen-bond acceptors (Lipinski definition) is 7. The average Bonchev–Trinajstić information content (AvgIpc) is 2.65. The smallest absolute Gasteiger partial charge is 0.270 e. The van der Waals surface area contributed by atoms with Crippen molar-refractivity contribution in [3.8, 4) is 0 Å². The van der Waals surface area contributed by atoms with Crippen LogP contribution in [0.15, 0.2) is 29.2 Å². The molecule has 2 rings (SSSR count). The van der Waals surface area contributed by atoms with E-state index in [-0.39, 0.29) is 42.0 Å². The number of nitrogens with one attached hydrogen (secondary N) is 3. The largest absolute Gasteiger partial charge is 0.368 e. The second-order valence-corrected chi connectivity index (χ2v) is 7.62. The summed E-state index contributed by atoms with van der Waals surface area (Å²) in [6, 6.07) is 4.76. The molecular weight excluding hydrogens is 400 g/mol. The monoisotopic (exact) mass is 422 g/mol. The minimum atomic E-state index is -3.91. The molecule has 0 aliphatic carbocycles. The highest BCUT2D eigenvalue weighted by Gasteiger charge is 2.39. The Balaban J connectivity index is 0.00000364. The van der Waals surface area contributed by atoms with Crippen LogP contribution in [0.3, 0.4) is 0 Å². The molecule has 0 saturated carbocycles. The molecule has 3 N–H and O–H groups in total. The van der Waals surface area contributed by atoms with Crippen molar-refractivity contribution in [3.05, 3.63) is 34.4 Å². The summed E-state index contributed by atoms with van der Waals surface area (Å²) in [4.78, 5) is 22.2. The van der Waals surface area contributed by atoms with Gasteiger partial charge in [-0.1, -0.05) is 6.07 Å². The van der Waals surface area contributed by atoms with E-state index in [2.05, 4.69) is 15.4 Å². The van der Waals surface area contributed by atoms with Crippen LogP contribution in [0.4, 0.5) is 5.69 Å². The van der Waals surface area contributed by atoms with E-state index in [4.69, 9.17) is 4.74 Å². The summed E-state index contributed by atoms with van der Waals surface area (Å²) in [6.07, 6.45) is 1.07. The summed E-state index contributed by atoms with van der Waals surface area (Å²) in [5.41, 5.74) is -1.21. The number of nitrogens with zero attached hydrogens (tertiary/aromatic N) is 1. The molecule has 1 aliphatic rings. The third kappa shape index (κ3) is 5.84. The van der Waals surface area contributed by atoms with Gasteiger partial charge in [-0.3, -0.25) is 14.9 Å². The molecule has 0 radical (unpaired) electrons. The average molecular weight is 423 g/mol. The SMILES string of the molecule is COC1(C(=O)NCCNS(=O)(=O)c2cccc([N+](=O)[O-])c2)CCNCC1.Cl. The van der Waals surface area contributed by atoms with Crippen LogP contribution >= 0.6 is 12.4 Å². The number of carbonyl (C=O) groups excluding carboxylic acids is 1. The van der Waals surface area contributed by atoms with Gasteiger partial charge in [0.2, 0.25) is 10.0 Å². The van der Waals surface area contributed by atoms with Crippen molar-refractivity contribution < 1.29 is 22.9 Å². The summed E-state index contributed by atoms with van der Waals surface area (Å²) < 4.78 is 32.1. The molecule has 1 aromatic rings. The highest BCUT2D eigenvalue weighted by Crippen LogP contribution is 2.22. The van der Waals surface area contributed by atoms with Gasteiger partial charge >= 0.3 is 0 Å². The Hall–Kier alpha value is -1.79. The zero-order valence-electron chi connectivity index (χ0n) is 14.8. The topological polar surface area (TPSA) is 140 Å². The molecule has 10 nitrogen and oxygen atoms in total. The number of benzene rings is 1. The molecule has 0 unspecified atom stereocenters. The number of halogens is 1. The number of non-ortho nitro benzene ring substituents is 1. The van der Waals surface area contributed by atoms with Crippen molar-refractivity contribution in [2.75, 3.05) is 33.3 Å². The predicted octanol–water partition coefficient (Wildman–Crippen LogP) is 0.180. The van der Waals surface area contributed by atoms with Crippen molar-refractivity contribution in [2.24, 2.45) is 0 Å². The van der Waals surface area contributed by atoms with Crippen molar-refractivity contribution in [1.29, 1.82) is 0 Å². The third-order valence-electron chi connectivity index (χ3n) is 4.26. The van der Waals surface area contributed by atoms with Crippen LogP contribution in [-0.4, -0.2) is 58.1 Å². The summed E-state index contributed by atoms with van der Waals surface area (Å²) in [5, 5.41) is 16.6. The Morgan fingerprint density at radius 3 is 2.59 bits per heavy atom. The molecule has 152 valence electrons. The van der Waals surface area contributed by atoms with Crippen LogP contribution in [0.2, 0.25) is 0 Å². The highest BCUT2D eigenvalue weighted by molar-refractivity contribution is 7.89. The standard InChI is InChI=1S/C15H22N4O6S.ClH/c1-25-15(5-7-16-8-6-15)14(20)17-9-10-18-26(23,24)13-4-2-3-12(11-13)19(21)22;/h2-4,11,16,18H,5-10H2,1H3,(H,17,20);1H. The fraction of sp³-hybridized carbons (Fsp3) is 0.533. The normalized spacial score (nSPS) is 16.2. The van der Waals surface area contributed by atoms with E-state index in [0.717, 1.165) is 6.07 Å². The zero-order valence-corrected chi connectivity index (χ0v) is 16.4. The quantitative estimate of drug-likeness (QED) is 0.308. The fourth-order valence-corrected chi connectivity index (χ4v) is 3.80. The lowest BCUT2D eigenvalue weighted by Gasteiger charge is -2.34. The molecule has 0 bridgehead atoms. The summed E-state index contributed by atoms with van der Waals surface area (Å²) in [5.74, 6) is -0.281. The van der Waals surface area contributed by atoms with Crippen molar-refractivity contribution in [2.45, 2.75) is 23.3 Å². The second kappa shape index (κ2) is 9.95. The number of rotatable bonds is 8. The Kier molecular flexibility index (Phi) is 8.57. The first-order valence-corrected chi connectivity index (χ1v) is 9.57. The zero-order chi connectivity index (χ0) is 19.2. The molecule has 0 aromatic heterocycles. The Morgan fingerprint density at radius 1 is 1.33 bits per heavy atom. The molecule has 1 aliphatic heterocycles. The molecule has 1 amide bonds. The maximum atomic E-state index is 12.3. The molecule has 1 saturated heterocycles. The van der Waals surface area contributed by atoms with Gasteiger partial charge in [0.25, 0.3) is 11.6 Å². The van der Waals surface area contributed by atoms with E-state index in [1.807, 2.05) is 0 Å². The molecule has 12 heteroatoms. The number of sulfonamides is 1. The molecule has 1 fully saturated rings. The maximum Gasteiger partial charge on any atom is 0.270 e. The lowest BCUT2D eigenvalue weighted by molar-refractivity contribution is -0.385. The summed E-state index contributed by atoms with van der Waals surface area (Å²) >= 11 is 0. The molecule has 1 aromatic carbocycles. The van der Waals surface area contributed by atoms with Gasteiger partial charge in [0, 0.05) is 32.3 Å². The van der Waals surface area contributed by atoms with Crippen molar-refractivity contribution in [1.82, 2.24) is 15.4 Å². The van der Waals surface area contributed by atoms with E-state index in [1.165, 1.54) is 25.3 Å². The van der Waals surface area contributed by atoms with Gasteiger partial charge in [-0.2, -0.15) is 0 Å². The third-order valence-corrected chi connectivity index (χ3v) is 5.72. The highest BCUT2D eigenvalue weighted by atomic mass is 35.5. The van der Waals surface area contributed by atoms with Gasteiger partial charge in [0.15, 0.2) is 0 Å². The number of ether oxygens (including phenoxy) is 1. The van der Waals surface area contributed by atoms with E-state index < -0.39 is 20.5 Å². The van der Waals surface area contributed by atoms with Crippen LogP contribution in [0.1, 0.15) is 12.8 Å². The first kappa shape index (κ1) is 23.2. The summed E-state index contributed by atoms with van der Waals surface area (Å²) in [6.45, 7) is 1.36. The number of carbonyl (C=O) groups is 1. The van der Waals surface area contributed by atoms with Gasteiger partial charge in [-0.15, -0.1) is 12.4 Å². The number of nitro benzene ring substituents is 1. The molecule has 27 heavy (non-hydrogen) atoms. The second-order valence-electron chi connectivity index (χ2n) is 5.86. The lowest BCUT2D eigenvalue weighted by Crippen LogP contribution is -2.54. The van der Waals surface area contributed by atoms with E-state index >= 15 is 0 Å². The van der Waals surface area contributed by atoms with Gasteiger partial charge in [0.1, 0.15) is 5.60 Å². The minimum Gasteiger partial charge on any atom is -0.368 e. The predicted molar refractivity (Wildman–Crippen MR) is 100 cm³/mol. The molecular formula is C15H23ClN4O6S. The number of hydrogen-bond donors (Lipinski definition) is 3. The number of piperidine rings is 1. The van der Waals surface area contributed by atoms with Crippen molar-refractivity contribution in [3.63, 3.8) is 0 Å². The Morgan fingerprint density at radius 2 is 2.00 bits per heavy atom. The maximum absolute atomic E-state index is 12.3.